The molecule has 0 aromatic carbocycles. The first-order valence-electron chi connectivity index (χ1n) is 8.80. The zero-order valence-electron chi connectivity index (χ0n) is 15.1. The second kappa shape index (κ2) is 8.18. The molecule has 3 rings (SSSR count). The molecule has 1 unspecified atom stereocenters. The van der Waals surface area contributed by atoms with Crippen LogP contribution in [0.4, 0.5) is 0 Å². The molecule has 0 amide bonds. The highest BCUT2D eigenvalue weighted by molar-refractivity contribution is 5.56. The number of furan rings is 2. The fourth-order valence-electron chi connectivity index (χ4n) is 3.13. The Morgan fingerprint density at radius 3 is 2.72 bits per heavy atom. The Morgan fingerprint density at radius 2 is 2.08 bits per heavy atom. The van der Waals surface area contributed by atoms with E-state index in [1.807, 2.05) is 37.4 Å². The Morgan fingerprint density at radius 1 is 1.24 bits per heavy atom. The highest BCUT2D eigenvalue weighted by Gasteiger charge is 2.20. The van der Waals surface area contributed by atoms with Crippen molar-refractivity contribution in [3.63, 3.8) is 0 Å². The molecule has 0 fully saturated rings. The number of H-pyrrole nitrogens is 1. The van der Waals surface area contributed by atoms with Gasteiger partial charge in [-0.3, -0.25) is 10.00 Å². The first-order valence-corrected chi connectivity index (χ1v) is 8.80. The molecule has 0 saturated carbocycles. The number of aryl methyl sites for hydroxylation is 1. The lowest BCUT2D eigenvalue weighted by molar-refractivity contribution is 0.188. The van der Waals surface area contributed by atoms with Crippen LogP contribution in [0.25, 0.3) is 11.5 Å². The molecule has 0 bridgehead atoms. The first kappa shape index (κ1) is 17.5. The predicted molar refractivity (Wildman–Crippen MR) is 97.1 cm³/mol. The van der Waals surface area contributed by atoms with Crippen LogP contribution in [0.3, 0.4) is 0 Å². The number of hydrogen-bond donors (Lipinski definition) is 2. The van der Waals surface area contributed by atoms with Gasteiger partial charge in [-0.05, 0) is 44.3 Å². The van der Waals surface area contributed by atoms with Crippen molar-refractivity contribution in [2.75, 3.05) is 19.6 Å². The predicted octanol–water partition coefficient (Wildman–Crippen LogP) is 3.74. The number of nitrogens with zero attached hydrogens (tertiary/aromatic N) is 2. The molecule has 6 nitrogen and oxygen atoms in total. The molecule has 6 heteroatoms. The van der Waals surface area contributed by atoms with E-state index in [-0.39, 0.29) is 6.04 Å². The largest absolute Gasteiger partial charge is 0.468 e. The molecule has 0 radical (unpaired) electrons. The van der Waals surface area contributed by atoms with Crippen LogP contribution in [0.15, 0.2) is 45.6 Å². The molecule has 3 aromatic rings. The topological polar surface area (TPSA) is 70.2 Å². The standard InChI is InChI=1S/C19H26N4O2/c1-4-23(5-2)16(17-7-6-10-24-17)13-20-11-15-12-21-22-19(15)18-9-8-14(3)25-18/h6-10,12,16,20H,4-5,11,13H2,1-3H3,(H,21,22). The van der Waals surface area contributed by atoms with Crippen molar-refractivity contribution in [2.45, 2.75) is 33.4 Å². The third-order valence-corrected chi connectivity index (χ3v) is 4.48. The van der Waals surface area contributed by atoms with Crippen molar-refractivity contribution >= 4 is 0 Å². The quantitative estimate of drug-likeness (QED) is 0.620. The number of hydrogen-bond acceptors (Lipinski definition) is 5. The lowest BCUT2D eigenvalue weighted by Crippen LogP contribution is -2.35. The Balaban J connectivity index is 1.66. The van der Waals surface area contributed by atoms with E-state index in [1.165, 1.54) is 0 Å². The summed E-state index contributed by atoms with van der Waals surface area (Å²) in [5.41, 5.74) is 2.02. The molecule has 3 aromatic heterocycles. The summed E-state index contributed by atoms with van der Waals surface area (Å²) in [6, 6.07) is 8.12. The minimum atomic E-state index is 0.214. The Kier molecular flexibility index (Phi) is 5.73. The summed E-state index contributed by atoms with van der Waals surface area (Å²) in [5, 5.41) is 10.7. The molecule has 0 aliphatic rings. The van der Waals surface area contributed by atoms with Gasteiger partial charge in [-0.15, -0.1) is 0 Å². The Bertz CT molecular complexity index is 756. The van der Waals surface area contributed by atoms with E-state index in [1.54, 1.807) is 6.26 Å². The van der Waals surface area contributed by atoms with Gasteiger partial charge in [-0.2, -0.15) is 5.10 Å². The second-order valence-corrected chi connectivity index (χ2v) is 6.06. The van der Waals surface area contributed by atoms with E-state index in [2.05, 4.69) is 34.3 Å². The number of nitrogens with one attached hydrogen (secondary N) is 2. The van der Waals surface area contributed by atoms with Gasteiger partial charge in [0.1, 0.15) is 17.2 Å². The van der Waals surface area contributed by atoms with Gasteiger partial charge in [0.15, 0.2) is 5.76 Å². The Labute approximate surface area is 148 Å². The van der Waals surface area contributed by atoms with Crippen LogP contribution in [-0.2, 0) is 6.54 Å². The normalized spacial score (nSPS) is 12.8. The molecular weight excluding hydrogens is 316 g/mol. The summed E-state index contributed by atoms with van der Waals surface area (Å²) in [6.45, 7) is 9.76. The van der Waals surface area contributed by atoms with Crippen LogP contribution >= 0.6 is 0 Å². The van der Waals surface area contributed by atoms with Crippen molar-refractivity contribution in [3.05, 3.63) is 53.8 Å². The van der Waals surface area contributed by atoms with Gasteiger partial charge in [0.2, 0.25) is 0 Å². The highest BCUT2D eigenvalue weighted by atomic mass is 16.3. The molecule has 0 spiro atoms. The number of rotatable bonds is 9. The summed E-state index contributed by atoms with van der Waals surface area (Å²) in [7, 11) is 0. The maximum atomic E-state index is 5.71. The van der Waals surface area contributed by atoms with Gasteiger partial charge in [-0.1, -0.05) is 13.8 Å². The van der Waals surface area contributed by atoms with Gasteiger partial charge in [0, 0.05) is 18.7 Å². The van der Waals surface area contributed by atoms with Crippen LogP contribution in [0.5, 0.6) is 0 Å². The maximum absolute atomic E-state index is 5.71. The lowest BCUT2D eigenvalue weighted by atomic mass is 10.1. The monoisotopic (exact) mass is 342 g/mol. The molecule has 3 heterocycles. The maximum Gasteiger partial charge on any atom is 0.152 e. The van der Waals surface area contributed by atoms with Gasteiger partial charge in [0.05, 0.1) is 18.5 Å². The molecular formula is C19H26N4O2. The van der Waals surface area contributed by atoms with Crippen molar-refractivity contribution < 1.29 is 8.83 Å². The van der Waals surface area contributed by atoms with Gasteiger partial charge in [-0.25, -0.2) is 0 Å². The molecule has 25 heavy (non-hydrogen) atoms. The zero-order chi connectivity index (χ0) is 17.6. The minimum Gasteiger partial charge on any atom is -0.468 e. The van der Waals surface area contributed by atoms with E-state index < -0.39 is 0 Å². The summed E-state index contributed by atoms with van der Waals surface area (Å²) in [6.07, 6.45) is 3.58. The summed E-state index contributed by atoms with van der Waals surface area (Å²) >= 11 is 0. The van der Waals surface area contributed by atoms with Crippen molar-refractivity contribution in [1.29, 1.82) is 0 Å². The van der Waals surface area contributed by atoms with Crippen molar-refractivity contribution in [2.24, 2.45) is 0 Å². The second-order valence-electron chi connectivity index (χ2n) is 6.06. The summed E-state index contributed by atoms with van der Waals surface area (Å²) in [4.78, 5) is 2.39. The van der Waals surface area contributed by atoms with E-state index in [0.29, 0.717) is 6.54 Å². The fraction of sp³-hybridized carbons (Fsp3) is 0.421. The smallest absolute Gasteiger partial charge is 0.152 e. The van der Waals surface area contributed by atoms with Crippen LogP contribution in [0.1, 0.15) is 37.0 Å². The number of likely N-dealkylation sites (N-methyl/N-ethyl adjacent to an activating group) is 1. The first-order chi connectivity index (χ1) is 12.2. The molecule has 2 N–H and O–H groups in total. The summed E-state index contributed by atoms with van der Waals surface area (Å²) < 4.78 is 11.4. The number of aromatic nitrogens is 2. The van der Waals surface area contributed by atoms with E-state index >= 15 is 0 Å². The van der Waals surface area contributed by atoms with Crippen LogP contribution in [0, 0.1) is 6.92 Å². The summed E-state index contributed by atoms with van der Waals surface area (Å²) in [5.74, 6) is 2.70. The molecule has 0 aliphatic carbocycles. The lowest BCUT2D eigenvalue weighted by Gasteiger charge is -2.28. The van der Waals surface area contributed by atoms with Crippen LogP contribution in [-0.4, -0.2) is 34.7 Å². The third-order valence-electron chi connectivity index (χ3n) is 4.48. The minimum absolute atomic E-state index is 0.214. The van der Waals surface area contributed by atoms with E-state index in [9.17, 15) is 0 Å². The highest BCUT2D eigenvalue weighted by Crippen LogP contribution is 2.24. The molecule has 0 aliphatic heterocycles. The molecule has 0 saturated heterocycles. The van der Waals surface area contributed by atoms with Crippen LogP contribution in [0.2, 0.25) is 0 Å². The zero-order valence-corrected chi connectivity index (χ0v) is 15.1. The van der Waals surface area contributed by atoms with E-state index in [0.717, 1.165) is 48.2 Å². The van der Waals surface area contributed by atoms with Crippen molar-refractivity contribution in [3.8, 4) is 11.5 Å². The van der Waals surface area contributed by atoms with Crippen LogP contribution < -0.4 is 5.32 Å². The van der Waals surface area contributed by atoms with Crippen molar-refractivity contribution in [1.82, 2.24) is 20.4 Å². The fourth-order valence-corrected chi connectivity index (χ4v) is 3.13. The van der Waals surface area contributed by atoms with E-state index in [4.69, 9.17) is 8.83 Å². The molecule has 1 atom stereocenters. The Hall–Kier alpha value is -2.31. The van der Waals surface area contributed by atoms with Gasteiger partial charge in [0.25, 0.3) is 0 Å². The molecule has 134 valence electrons. The van der Waals surface area contributed by atoms with Gasteiger partial charge < -0.3 is 14.2 Å². The SMILES string of the molecule is CCN(CC)C(CNCc1cn[nH]c1-c1ccc(C)o1)c1ccco1. The third kappa shape index (κ3) is 4.03. The number of aromatic amines is 1. The average Bonchev–Trinajstić information content (AvgIpc) is 3.36. The van der Waals surface area contributed by atoms with Gasteiger partial charge >= 0.3 is 0 Å². The average molecular weight is 342 g/mol.